The maximum atomic E-state index is 11.9. The number of amides is 1. The first-order valence-electron chi connectivity index (χ1n) is 5.53. The van der Waals surface area contributed by atoms with Crippen LogP contribution >= 0.6 is 11.6 Å². The third kappa shape index (κ3) is 4.21. The molecule has 0 aliphatic heterocycles. The van der Waals surface area contributed by atoms with Crippen molar-refractivity contribution in [3.8, 4) is 0 Å². The molecule has 0 aromatic heterocycles. The van der Waals surface area contributed by atoms with Crippen molar-refractivity contribution in [2.75, 3.05) is 0 Å². The van der Waals surface area contributed by atoms with Gasteiger partial charge in [0.2, 0.25) is 0 Å². The summed E-state index contributed by atoms with van der Waals surface area (Å²) in [5.41, 5.74) is 1.30. The number of carbonyl (C=O) groups excluding carboxylic acids is 1. The molecular weight excluding hydrogens is 327 g/mol. The Morgan fingerprint density at radius 1 is 1.05 bits per heavy atom. The van der Waals surface area contributed by atoms with E-state index in [9.17, 15) is 4.79 Å². The fourth-order valence-corrected chi connectivity index (χ4v) is 1.96. The summed E-state index contributed by atoms with van der Waals surface area (Å²) in [6, 6.07) is 16.0. The van der Waals surface area contributed by atoms with Gasteiger partial charge in [-0.1, -0.05) is 0 Å². The number of halogens is 1. The first kappa shape index (κ1) is 13.8. The third-order valence-corrected chi connectivity index (χ3v) is 2.97. The molecule has 1 amide bonds. The van der Waals surface area contributed by atoms with Gasteiger partial charge in [0.1, 0.15) is 0 Å². The van der Waals surface area contributed by atoms with Crippen molar-refractivity contribution < 1.29 is 4.79 Å². The number of hydrogen-bond donors (Lipinski definition) is 1. The van der Waals surface area contributed by atoms with Crippen LogP contribution in [0.5, 0.6) is 0 Å². The molecule has 0 aliphatic rings. The fraction of sp³-hybridized carbons (Fsp3) is 0. The van der Waals surface area contributed by atoms with Gasteiger partial charge in [-0.15, -0.1) is 0 Å². The first-order chi connectivity index (χ1) is 9.15. The van der Waals surface area contributed by atoms with Crippen LogP contribution in [0.1, 0.15) is 10.4 Å². The molecule has 5 heteroatoms. The molecule has 3 nitrogen and oxygen atoms in total. The Kier molecular flexibility index (Phi) is 4.74. The maximum absolute atomic E-state index is 11.9. The van der Waals surface area contributed by atoms with E-state index in [1.807, 2.05) is 18.2 Å². The van der Waals surface area contributed by atoms with Crippen LogP contribution in [0.3, 0.4) is 0 Å². The van der Waals surface area contributed by atoms with E-state index in [4.69, 9.17) is 11.6 Å². The predicted molar refractivity (Wildman–Crippen MR) is 78.2 cm³/mol. The van der Waals surface area contributed by atoms with Crippen LogP contribution in [0.25, 0.3) is 0 Å². The van der Waals surface area contributed by atoms with Crippen molar-refractivity contribution in [3.63, 3.8) is 0 Å². The van der Waals surface area contributed by atoms with Gasteiger partial charge in [-0.2, -0.15) is 0 Å². The van der Waals surface area contributed by atoms with Crippen LogP contribution < -0.4 is 5.32 Å². The molecule has 0 heterocycles. The standard InChI is InChI=1S/C14H10ClN2OSe/c15-11-6-8-12(9-7-11)16-14(19)17-13(18)10-4-2-1-3-5-10/h1-9H,(H,16,17,18). The van der Waals surface area contributed by atoms with Gasteiger partial charge in [0.15, 0.2) is 0 Å². The summed E-state index contributed by atoms with van der Waals surface area (Å²) in [7, 11) is 0. The number of nitrogens with zero attached hydrogens (tertiary/aromatic N) is 1. The van der Waals surface area contributed by atoms with E-state index in [2.05, 4.69) is 26.3 Å². The summed E-state index contributed by atoms with van der Waals surface area (Å²) in [5.74, 6) is -0.202. The van der Waals surface area contributed by atoms with E-state index in [-0.39, 0.29) is 5.91 Å². The summed E-state index contributed by atoms with van der Waals surface area (Å²) in [4.78, 5) is 16.1. The van der Waals surface area contributed by atoms with Gasteiger partial charge in [0.25, 0.3) is 0 Å². The number of amidine groups is 1. The minimum atomic E-state index is -0.202. The van der Waals surface area contributed by atoms with Crippen LogP contribution in [0.2, 0.25) is 5.02 Å². The molecule has 0 fully saturated rings. The van der Waals surface area contributed by atoms with Crippen molar-refractivity contribution in [3.05, 3.63) is 65.2 Å². The van der Waals surface area contributed by atoms with Gasteiger partial charge in [-0.25, -0.2) is 0 Å². The van der Waals surface area contributed by atoms with Crippen LogP contribution in [-0.4, -0.2) is 26.7 Å². The molecule has 95 valence electrons. The zero-order chi connectivity index (χ0) is 13.7. The summed E-state index contributed by atoms with van der Waals surface area (Å²) in [5, 5.41) is 3.33. The average Bonchev–Trinajstić information content (AvgIpc) is 2.42. The molecule has 0 unspecified atom stereocenters. The Labute approximate surface area is 124 Å². The quantitative estimate of drug-likeness (QED) is 0.511. The molecule has 0 atom stereocenters. The first-order valence-corrected chi connectivity index (χ1v) is 6.76. The molecule has 0 aliphatic carbocycles. The molecule has 1 N–H and O–H groups in total. The molecule has 2 aromatic carbocycles. The summed E-state index contributed by atoms with van der Waals surface area (Å²) in [6.07, 6.45) is 0. The number of hydrogen-bond acceptors (Lipinski definition) is 2. The van der Waals surface area contributed by atoms with E-state index in [0.29, 0.717) is 21.0 Å². The zero-order valence-corrected chi connectivity index (χ0v) is 12.3. The van der Waals surface area contributed by atoms with E-state index < -0.39 is 0 Å². The minimum absolute atomic E-state index is 0.202. The Hall–Kier alpha value is -1.61. The molecule has 19 heavy (non-hydrogen) atoms. The van der Waals surface area contributed by atoms with Crippen LogP contribution in [-0.2, 0) is 0 Å². The van der Waals surface area contributed by atoms with Crippen molar-refractivity contribution in [1.29, 1.82) is 0 Å². The van der Waals surface area contributed by atoms with Gasteiger partial charge < -0.3 is 0 Å². The van der Waals surface area contributed by atoms with Crippen molar-refractivity contribution >= 4 is 43.9 Å². The average molecular weight is 337 g/mol. The molecule has 2 aromatic rings. The third-order valence-electron chi connectivity index (χ3n) is 2.31. The molecular formula is C14H10ClN2OSe. The number of benzene rings is 2. The van der Waals surface area contributed by atoms with E-state index in [0.717, 1.165) is 0 Å². The molecule has 2 rings (SSSR count). The molecule has 1 radical (unpaired) electrons. The van der Waals surface area contributed by atoms with E-state index >= 15 is 0 Å². The van der Waals surface area contributed by atoms with Gasteiger partial charge in [-0.05, 0) is 0 Å². The van der Waals surface area contributed by atoms with Gasteiger partial charge >= 0.3 is 124 Å². The Morgan fingerprint density at radius 3 is 2.32 bits per heavy atom. The van der Waals surface area contributed by atoms with Gasteiger partial charge in [0.05, 0.1) is 0 Å². The molecule has 0 saturated heterocycles. The van der Waals surface area contributed by atoms with Crippen molar-refractivity contribution in [1.82, 2.24) is 5.32 Å². The summed E-state index contributed by atoms with van der Waals surface area (Å²) in [6.45, 7) is 0. The van der Waals surface area contributed by atoms with E-state index in [1.54, 1.807) is 36.4 Å². The molecule has 0 bridgehead atoms. The molecule has 0 saturated carbocycles. The van der Waals surface area contributed by atoms with Crippen molar-refractivity contribution in [2.24, 2.45) is 4.99 Å². The van der Waals surface area contributed by atoms with Crippen LogP contribution in [0.15, 0.2) is 59.6 Å². The zero-order valence-electron chi connectivity index (χ0n) is 9.84. The number of rotatable bonds is 2. The Bertz CT molecular complexity index is 597. The topological polar surface area (TPSA) is 41.5 Å². The summed E-state index contributed by atoms with van der Waals surface area (Å²) < 4.78 is 0.413. The Morgan fingerprint density at radius 2 is 1.68 bits per heavy atom. The van der Waals surface area contributed by atoms with Crippen LogP contribution in [0, 0.1) is 0 Å². The normalized spacial score (nSPS) is 11.1. The SMILES string of the molecule is O=C(NC([Se])=Nc1ccc(Cl)cc1)c1ccccc1. The monoisotopic (exact) mass is 337 g/mol. The second-order valence-corrected chi connectivity index (χ2v) is 4.96. The van der Waals surface area contributed by atoms with Gasteiger partial charge in [0, 0.05) is 0 Å². The van der Waals surface area contributed by atoms with Crippen LogP contribution in [0.4, 0.5) is 5.69 Å². The summed E-state index contributed by atoms with van der Waals surface area (Å²) >= 11 is 8.51. The number of carbonyl (C=O) groups is 1. The van der Waals surface area contributed by atoms with Crippen molar-refractivity contribution in [2.45, 2.75) is 0 Å². The van der Waals surface area contributed by atoms with Gasteiger partial charge in [-0.3, -0.25) is 0 Å². The number of nitrogens with one attached hydrogen (secondary N) is 1. The Balaban J connectivity index is 2.07. The molecule has 0 spiro atoms. The van der Waals surface area contributed by atoms with E-state index in [1.165, 1.54) is 0 Å². The second kappa shape index (κ2) is 6.53. The predicted octanol–water partition coefficient (Wildman–Crippen LogP) is 2.93. The second-order valence-electron chi connectivity index (χ2n) is 3.71. The number of aliphatic imine (C=N–C) groups is 1. The fourth-order valence-electron chi connectivity index (χ4n) is 1.42.